The molecule has 2 heterocycles. The van der Waals surface area contributed by atoms with Gasteiger partial charge in [-0.3, -0.25) is 4.79 Å². The van der Waals surface area contributed by atoms with E-state index in [9.17, 15) is 10.1 Å². The highest BCUT2D eigenvalue weighted by Gasteiger charge is 2.34. The molecule has 1 aromatic heterocycles. The Morgan fingerprint density at radius 1 is 1.23 bits per heavy atom. The Hall–Kier alpha value is -2.78. The lowest BCUT2D eigenvalue weighted by molar-refractivity contribution is -0.378. The Morgan fingerprint density at radius 3 is 2.64 bits per heavy atom. The molecule has 0 aliphatic carbocycles. The number of H-pyrrole nitrogens is 1. The molecule has 22 heavy (non-hydrogen) atoms. The van der Waals surface area contributed by atoms with E-state index in [4.69, 9.17) is 0 Å². The highest BCUT2D eigenvalue weighted by Crippen LogP contribution is 2.34. The first-order valence-corrected chi connectivity index (χ1v) is 7.11. The number of carbonyl (C=O) groups excluding carboxylic acids is 1. The normalized spacial score (nSPS) is 17.9. The van der Waals surface area contributed by atoms with E-state index in [0.29, 0.717) is 5.03 Å². The second kappa shape index (κ2) is 5.92. The molecule has 1 aromatic carbocycles. The third-order valence-electron chi connectivity index (χ3n) is 3.40. The van der Waals surface area contributed by atoms with Gasteiger partial charge in [-0.15, -0.1) is 12.6 Å². The molecular formula is C16H13N4OS+. The molecule has 1 atom stereocenters. The number of pyridine rings is 1. The number of hydrogen-bond acceptors (Lipinski definition) is 4. The third kappa shape index (κ3) is 2.43. The molecule has 0 spiro atoms. The number of thiol groups is 1. The number of nitriles is 1. The molecule has 108 valence electrons. The van der Waals surface area contributed by atoms with Gasteiger partial charge in [0, 0.05) is 11.8 Å². The Balaban J connectivity index is 2.15. The summed E-state index contributed by atoms with van der Waals surface area (Å²) in [6.07, 6.45) is 3.16. The van der Waals surface area contributed by atoms with Crippen molar-refractivity contribution in [3.63, 3.8) is 0 Å². The average Bonchev–Trinajstić information content (AvgIpc) is 2.56. The predicted octanol–water partition coefficient (Wildman–Crippen LogP) is 1.80. The molecule has 1 aliphatic heterocycles. The van der Waals surface area contributed by atoms with Crippen molar-refractivity contribution in [1.29, 1.82) is 5.26 Å². The van der Waals surface area contributed by atoms with Gasteiger partial charge in [0.1, 0.15) is 17.8 Å². The van der Waals surface area contributed by atoms with E-state index in [1.165, 1.54) is 0 Å². The highest BCUT2D eigenvalue weighted by atomic mass is 32.1. The van der Waals surface area contributed by atoms with Crippen molar-refractivity contribution in [3.05, 3.63) is 71.0 Å². The van der Waals surface area contributed by atoms with Crippen molar-refractivity contribution in [2.45, 2.75) is 6.17 Å². The number of nitrogens with one attached hydrogen (secondary N) is 2. The number of nitrogens with zero attached hydrogens (tertiary/aromatic N) is 2. The number of anilines is 1. The molecule has 5 nitrogen and oxygen atoms in total. The highest BCUT2D eigenvalue weighted by molar-refractivity contribution is 7.84. The molecule has 2 aromatic rings. The van der Waals surface area contributed by atoms with Crippen LogP contribution in [0.2, 0.25) is 0 Å². The maximum atomic E-state index is 12.1. The number of hydrogen-bond donors (Lipinski definition) is 2. The zero-order valence-corrected chi connectivity index (χ0v) is 12.4. The van der Waals surface area contributed by atoms with Crippen LogP contribution in [0.5, 0.6) is 0 Å². The fraction of sp³-hybridized carbons (Fsp3) is 0.0625. The van der Waals surface area contributed by atoms with Crippen molar-refractivity contribution >= 4 is 24.2 Å². The van der Waals surface area contributed by atoms with Crippen LogP contribution in [0.1, 0.15) is 11.7 Å². The Bertz CT molecular complexity index is 768. The largest absolute Gasteiger partial charge is 0.327 e. The number of aromatic amines is 1. The minimum Gasteiger partial charge on any atom is -0.327 e. The molecule has 1 unspecified atom stereocenters. The molecule has 0 bridgehead atoms. The first-order valence-electron chi connectivity index (χ1n) is 6.67. The predicted molar refractivity (Wildman–Crippen MR) is 84.4 cm³/mol. The Labute approximate surface area is 133 Å². The summed E-state index contributed by atoms with van der Waals surface area (Å²) in [5.41, 5.74) is 1.71. The maximum Gasteiger partial charge on any atom is 0.266 e. The lowest BCUT2D eigenvalue weighted by Gasteiger charge is -2.37. The Kier molecular flexibility index (Phi) is 3.81. The molecular weight excluding hydrogens is 296 g/mol. The molecule has 0 saturated carbocycles. The lowest BCUT2D eigenvalue weighted by Crippen LogP contribution is -2.46. The first kappa shape index (κ1) is 14.2. The van der Waals surface area contributed by atoms with E-state index < -0.39 is 12.1 Å². The van der Waals surface area contributed by atoms with Gasteiger partial charge < -0.3 is 10.2 Å². The first-order chi connectivity index (χ1) is 10.7. The maximum absolute atomic E-state index is 12.1. The summed E-state index contributed by atoms with van der Waals surface area (Å²) < 4.78 is 0. The summed E-state index contributed by atoms with van der Waals surface area (Å²) in [6, 6.07) is 15.2. The van der Waals surface area contributed by atoms with E-state index in [2.05, 4.69) is 22.9 Å². The summed E-state index contributed by atoms with van der Waals surface area (Å²) in [4.78, 5) is 16.9. The van der Waals surface area contributed by atoms with Crippen molar-refractivity contribution in [2.24, 2.45) is 0 Å². The monoisotopic (exact) mass is 309 g/mol. The second-order valence-electron chi connectivity index (χ2n) is 4.73. The molecule has 3 rings (SSSR count). The lowest BCUT2D eigenvalue weighted by atomic mass is 10.1. The summed E-state index contributed by atoms with van der Waals surface area (Å²) >= 11 is 4.42. The topological polar surface area (TPSA) is 70.3 Å². The average molecular weight is 309 g/mol. The quantitative estimate of drug-likeness (QED) is 0.831. The van der Waals surface area contributed by atoms with Crippen LogP contribution >= 0.6 is 12.6 Å². The summed E-state index contributed by atoms with van der Waals surface area (Å²) in [6.45, 7) is 0. The molecule has 1 amide bonds. The van der Waals surface area contributed by atoms with Crippen LogP contribution in [-0.2, 0) is 4.79 Å². The van der Waals surface area contributed by atoms with Gasteiger partial charge >= 0.3 is 0 Å². The number of rotatable bonds is 2. The smallest absolute Gasteiger partial charge is 0.266 e. The van der Waals surface area contributed by atoms with E-state index in [1.807, 2.05) is 53.4 Å². The van der Waals surface area contributed by atoms with Crippen molar-refractivity contribution in [2.75, 3.05) is 4.90 Å². The van der Waals surface area contributed by atoms with Crippen LogP contribution in [0.3, 0.4) is 0 Å². The molecule has 0 fully saturated rings. The molecule has 2 N–H and O–H groups in total. The summed E-state index contributed by atoms with van der Waals surface area (Å²) in [5.74, 6) is -0.423. The molecule has 6 heteroatoms. The van der Waals surface area contributed by atoms with Gasteiger partial charge in [-0.2, -0.15) is 5.26 Å². The molecule has 1 aliphatic rings. The van der Waals surface area contributed by atoms with E-state index in [1.54, 1.807) is 12.4 Å². The van der Waals surface area contributed by atoms with Crippen molar-refractivity contribution < 1.29 is 9.78 Å². The van der Waals surface area contributed by atoms with Crippen LogP contribution in [0, 0.1) is 11.3 Å². The van der Waals surface area contributed by atoms with Gasteiger partial charge in [0.05, 0.1) is 10.6 Å². The Morgan fingerprint density at radius 2 is 2.00 bits per heavy atom. The fourth-order valence-electron chi connectivity index (χ4n) is 2.38. The SMILES string of the molecule is N#CC1=C(S)N(c2ccccc2)C(c2ccc[nH+]c2)NC1=O. The van der Waals surface area contributed by atoms with Gasteiger partial charge in [-0.05, 0) is 18.2 Å². The minimum atomic E-state index is -0.433. The summed E-state index contributed by atoms with van der Waals surface area (Å²) in [5, 5.41) is 12.4. The zero-order chi connectivity index (χ0) is 15.5. The zero-order valence-electron chi connectivity index (χ0n) is 11.5. The van der Waals surface area contributed by atoms with Crippen molar-refractivity contribution in [1.82, 2.24) is 5.32 Å². The number of amides is 1. The standard InChI is InChI=1S/C16H12N4OS/c17-9-13-15(21)19-14(11-5-4-8-18-10-11)20(16(13)22)12-6-2-1-3-7-12/h1-8,10,14,22H,(H,19,21)/p+1. The fourth-order valence-corrected chi connectivity index (χ4v) is 2.76. The van der Waals surface area contributed by atoms with Crippen LogP contribution < -0.4 is 15.2 Å². The third-order valence-corrected chi connectivity index (χ3v) is 3.84. The van der Waals surface area contributed by atoms with Crippen molar-refractivity contribution in [3.8, 4) is 6.07 Å². The minimum absolute atomic E-state index is 0.00310. The van der Waals surface area contributed by atoms with Crippen LogP contribution in [0.4, 0.5) is 5.69 Å². The van der Waals surface area contributed by atoms with Gasteiger partial charge in [-0.25, -0.2) is 4.98 Å². The van der Waals surface area contributed by atoms with Crippen LogP contribution in [0.15, 0.2) is 65.5 Å². The number of para-hydroxylation sites is 1. The number of benzene rings is 1. The number of aromatic nitrogens is 1. The van der Waals surface area contributed by atoms with E-state index >= 15 is 0 Å². The van der Waals surface area contributed by atoms with Gasteiger partial charge in [0.2, 0.25) is 0 Å². The van der Waals surface area contributed by atoms with E-state index in [0.717, 1.165) is 11.3 Å². The number of carbonyl (C=O) groups is 1. The van der Waals surface area contributed by atoms with Gasteiger partial charge in [-0.1, -0.05) is 18.2 Å². The van der Waals surface area contributed by atoms with E-state index in [-0.39, 0.29) is 5.57 Å². The van der Waals surface area contributed by atoms with Gasteiger partial charge in [0.25, 0.3) is 5.91 Å². The van der Waals surface area contributed by atoms with Crippen LogP contribution in [-0.4, -0.2) is 5.91 Å². The molecule has 0 saturated heterocycles. The second-order valence-corrected chi connectivity index (χ2v) is 5.15. The molecule has 0 radical (unpaired) electrons. The van der Waals surface area contributed by atoms with Gasteiger partial charge in [0.15, 0.2) is 12.4 Å². The summed E-state index contributed by atoms with van der Waals surface area (Å²) in [7, 11) is 0. The van der Waals surface area contributed by atoms with Crippen LogP contribution in [0.25, 0.3) is 0 Å².